The third-order valence-corrected chi connectivity index (χ3v) is 4.18. The maximum absolute atomic E-state index is 10.5. The Morgan fingerprint density at radius 2 is 2.11 bits per heavy atom. The molecule has 0 spiro atoms. The predicted molar refractivity (Wildman–Crippen MR) is 77.2 cm³/mol. The standard InChI is InChI=1S/C15H21N3O/c1-11-6-8-15(19,9-7-11)10-16-14-17-12-4-2-3-5-13(12)18-14/h2-5,11,19H,6-10H2,1H3,(H2,16,17,18). The van der Waals surface area contributed by atoms with Gasteiger partial charge in [0.05, 0.1) is 16.6 Å². The van der Waals surface area contributed by atoms with Gasteiger partial charge in [0.1, 0.15) is 0 Å². The molecule has 0 unspecified atom stereocenters. The summed E-state index contributed by atoms with van der Waals surface area (Å²) in [6, 6.07) is 7.95. The number of fused-ring (bicyclic) bond motifs is 1. The van der Waals surface area contributed by atoms with Crippen LogP contribution in [-0.2, 0) is 0 Å². The zero-order valence-electron chi connectivity index (χ0n) is 11.3. The average Bonchev–Trinajstić information content (AvgIpc) is 2.83. The smallest absolute Gasteiger partial charge is 0.201 e. The number of nitrogens with zero attached hydrogens (tertiary/aromatic N) is 1. The molecule has 4 heteroatoms. The second-order valence-corrected chi connectivity index (χ2v) is 5.86. The Morgan fingerprint density at radius 1 is 1.37 bits per heavy atom. The molecule has 3 rings (SSSR count). The van der Waals surface area contributed by atoms with Crippen LogP contribution >= 0.6 is 0 Å². The number of imidazole rings is 1. The number of aromatic amines is 1. The van der Waals surface area contributed by atoms with E-state index < -0.39 is 5.60 Å². The van der Waals surface area contributed by atoms with Crippen LogP contribution in [0.1, 0.15) is 32.6 Å². The highest BCUT2D eigenvalue weighted by molar-refractivity contribution is 5.77. The first-order chi connectivity index (χ1) is 9.15. The highest BCUT2D eigenvalue weighted by atomic mass is 16.3. The molecule has 0 bridgehead atoms. The summed E-state index contributed by atoms with van der Waals surface area (Å²) in [7, 11) is 0. The SMILES string of the molecule is CC1CCC(O)(CNc2nc3ccccc3[nH]2)CC1. The van der Waals surface area contributed by atoms with Crippen LogP contribution in [0, 0.1) is 5.92 Å². The molecule has 1 fully saturated rings. The van der Waals surface area contributed by atoms with Crippen LogP contribution in [0.3, 0.4) is 0 Å². The lowest BCUT2D eigenvalue weighted by atomic mass is 9.79. The lowest BCUT2D eigenvalue weighted by Gasteiger charge is -2.34. The molecule has 1 aromatic carbocycles. The van der Waals surface area contributed by atoms with E-state index in [1.165, 1.54) is 0 Å². The summed E-state index contributed by atoms with van der Waals surface area (Å²) in [5.41, 5.74) is 1.40. The summed E-state index contributed by atoms with van der Waals surface area (Å²) in [4.78, 5) is 7.69. The van der Waals surface area contributed by atoms with Crippen LogP contribution in [0.15, 0.2) is 24.3 Å². The van der Waals surface area contributed by atoms with Gasteiger partial charge in [0, 0.05) is 6.54 Å². The summed E-state index contributed by atoms with van der Waals surface area (Å²) in [6.45, 7) is 2.83. The number of hydrogen-bond acceptors (Lipinski definition) is 3. The van der Waals surface area contributed by atoms with Crippen LogP contribution in [0.2, 0.25) is 0 Å². The first-order valence-corrected chi connectivity index (χ1v) is 7.06. The number of aromatic nitrogens is 2. The third-order valence-electron chi connectivity index (χ3n) is 4.18. The first kappa shape index (κ1) is 12.5. The van der Waals surface area contributed by atoms with Crippen LogP contribution in [0.5, 0.6) is 0 Å². The van der Waals surface area contributed by atoms with E-state index in [1.54, 1.807) is 0 Å². The largest absolute Gasteiger partial charge is 0.388 e. The fraction of sp³-hybridized carbons (Fsp3) is 0.533. The maximum Gasteiger partial charge on any atom is 0.201 e. The molecular formula is C15H21N3O. The fourth-order valence-corrected chi connectivity index (χ4v) is 2.76. The van der Waals surface area contributed by atoms with E-state index in [1.807, 2.05) is 24.3 Å². The molecule has 19 heavy (non-hydrogen) atoms. The van der Waals surface area contributed by atoms with E-state index in [-0.39, 0.29) is 0 Å². The normalized spacial score (nSPS) is 27.6. The van der Waals surface area contributed by atoms with E-state index in [0.29, 0.717) is 6.54 Å². The van der Waals surface area contributed by atoms with Crippen molar-refractivity contribution in [3.8, 4) is 0 Å². The van der Waals surface area contributed by atoms with Crippen molar-refractivity contribution in [2.75, 3.05) is 11.9 Å². The van der Waals surface area contributed by atoms with Crippen molar-refractivity contribution in [3.05, 3.63) is 24.3 Å². The Bertz CT molecular complexity index is 522. The Balaban J connectivity index is 1.65. The van der Waals surface area contributed by atoms with Crippen molar-refractivity contribution in [1.29, 1.82) is 0 Å². The van der Waals surface area contributed by atoms with Gasteiger partial charge in [-0.1, -0.05) is 19.1 Å². The number of H-pyrrole nitrogens is 1. The monoisotopic (exact) mass is 259 g/mol. The minimum Gasteiger partial charge on any atom is -0.388 e. The second kappa shape index (κ2) is 4.85. The molecule has 1 aliphatic carbocycles. The molecule has 0 radical (unpaired) electrons. The van der Waals surface area contributed by atoms with Crippen molar-refractivity contribution in [2.24, 2.45) is 5.92 Å². The zero-order valence-corrected chi connectivity index (χ0v) is 11.3. The number of nitrogens with one attached hydrogen (secondary N) is 2. The summed E-state index contributed by atoms with van der Waals surface area (Å²) in [5, 5.41) is 13.8. The number of rotatable bonds is 3. The molecule has 0 amide bonds. The summed E-state index contributed by atoms with van der Waals surface area (Å²) < 4.78 is 0. The van der Waals surface area contributed by atoms with Crippen molar-refractivity contribution < 1.29 is 5.11 Å². The van der Waals surface area contributed by atoms with E-state index in [2.05, 4.69) is 22.2 Å². The van der Waals surface area contributed by atoms with Crippen LogP contribution in [0.4, 0.5) is 5.95 Å². The molecule has 3 N–H and O–H groups in total. The molecule has 1 aromatic heterocycles. The highest BCUT2D eigenvalue weighted by Crippen LogP contribution is 2.31. The Kier molecular flexibility index (Phi) is 3.19. The van der Waals surface area contributed by atoms with Crippen molar-refractivity contribution >= 4 is 17.0 Å². The fourth-order valence-electron chi connectivity index (χ4n) is 2.76. The lowest BCUT2D eigenvalue weighted by molar-refractivity contribution is 0.00489. The quantitative estimate of drug-likeness (QED) is 0.794. The highest BCUT2D eigenvalue weighted by Gasteiger charge is 2.31. The maximum atomic E-state index is 10.5. The van der Waals surface area contributed by atoms with Gasteiger partial charge in [-0.15, -0.1) is 0 Å². The van der Waals surface area contributed by atoms with E-state index in [4.69, 9.17) is 0 Å². The zero-order chi connectivity index (χ0) is 13.3. The van der Waals surface area contributed by atoms with E-state index in [9.17, 15) is 5.11 Å². The topological polar surface area (TPSA) is 60.9 Å². The van der Waals surface area contributed by atoms with E-state index in [0.717, 1.165) is 48.6 Å². The molecule has 0 atom stereocenters. The van der Waals surface area contributed by atoms with Crippen molar-refractivity contribution in [3.63, 3.8) is 0 Å². The van der Waals surface area contributed by atoms with Crippen LogP contribution in [0.25, 0.3) is 11.0 Å². The van der Waals surface area contributed by atoms with Crippen LogP contribution < -0.4 is 5.32 Å². The minimum absolute atomic E-state index is 0.569. The number of benzene rings is 1. The Morgan fingerprint density at radius 3 is 2.84 bits per heavy atom. The van der Waals surface area contributed by atoms with Crippen molar-refractivity contribution in [2.45, 2.75) is 38.2 Å². The lowest BCUT2D eigenvalue weighted by Crippen LogP contribution is -2.40. The van der Waals surface area contributed by atoms with E-state index >= 15 is 0 Å². The molecule has 4 nitrogen and oxygen atoms in total. The van der Waals surface area contributed by atoms with Gasteiger partial charge in [0.2, 0.25) is 5.95 Å². The van der Waals surface area contributed by atoms with Gasteiger partial charge in [-0.05, 0) is 43.7 Å². The number of para-hydroxylation sites is 2. The average molecular weight is 259 g/mol. The van der Waals surface area contributed by atoms with Crippen LogP contribution in [-0.4, -0.2) is 27.2 Å². The molecule has 1 heterocycles. The molecule has 102 valence electrons. The number of anilines is 1. The van der Waals surface area contributed by atoms with Gasteiger partial charge >= 0.3 is 0 Å². The van der Waals surface area contributed by atoms with Crippen molar-refractivity contribution in [1.82, 2.24) is 9.97 Å². The van der Waals surface area contributed by atoms with Gasteiger partial charge in [-0.3, -0.25) is 0 Å². The molecule has 2 aromatic rings. The third kappa shape index (κ3) is 2.73. The summed E-state index contributed by atoms with van der Waals surface area (Å²) in [6.07, 6.45) is 3.97. The molecule has 0 aliphatic heterocycles. The minimum atomic E-state index is -0.578. The van der Waals surface area contributed by atoms with Gasteiger partial charge in [0.15, 0.2) is 0 Å². The molecule has 1 saturated carbocycles. The molecule has 0 saturated heterocycles. The van der Waals surface area contributed by atoms with Gasteiger partial charge in [-0.2, -0.15) is 0 Å². The molecular weight excluding hydrogens is 238 g/mol. The first-order valence-electron chi connectivity index (χ1n) is 7.06. The molecule has 1 aliphatic rings. The number of aliphatic hydroxyl groups is 1. The van der Waals surface area contributed by atoms with Gasteiger partial charge in [0.25, 0.3) is 0 Å². The summed E-state index contributed by atoms with van der Waals surface area (Å²) >= 11 is 0. The predicted octanol–water partition coefficient (Wildman–Crippen LogP) is 2.92. The number of hydrogen-bond donors (Lipinski definition) is 3. The Labute approximate surface area is 113 Å². The second-order valence-electron chi connectivity index (χ2n) is 5.86. The van der Waals surface area contributed by atoms with Gasteiger partial charge in [-0.25, -0.2) is 4.98 Å². The van der Waals surface area contributed by atoms with Gasteiger partial charge < -0.3 is 15.4 Å². The summed E-state index contributed by atoms with van der Waals surface area (Å²) in [5.74, 6) is 1.49. The Hall–Kier alpha value is -1.55.